The highest BCUT2D eigenvalue weighted by molar-refractivity contribution is 5.98. The van der Waals surface area contributed by atoms with Crippen molar-refractivity contribution in [3.8, 4) is 0 Å². The van der Waals surface area contributed by atoms with Gasteiger partial charge in [0.1, 0.15) is 5.54 Å². The number of nitrogens with zero attached hydrogens (tertiary/aromatic N) is 2. The summed E-state index contributed by atoms with van der Waals surface area (Å²) < 4.78 is 1.83. The first-order chi connectivity index (χ1) is 10.3. The molecule has 0 unspecified atom stereocenters. The lowest BCUT2D eigenvalue weighted by Gasteiger charge is -2.22. The summed E-state index contributed by atoms with van der Waals surface area (Å²) >= 11 is 0. The van der Waals surface area contributed by atoms with Gasteiger partial charge >= 0.3 is 0 Å². The number of benzene rings is 1. The normalized spacial score (nSPS) is 15.7. The molecule has 0 radical (unpaired) electrons. The smallest absolute Gasteiger partial charge is 0.245 e. The van der Waals surface area contributed by atoms with Crippen molar-refractivity contribution in [2.24, 2.45) is 5.73 Å². The SMILES string of the molecule is CC(C)(C)n1cc(NC(=O)C2(N)Cc3ccccc3C2)cn1.Cl. The van der Waals surface area contributed by atoms with Crippen LogP contribution >= 0.6 is 12.4 Å². The number of amides is 1. The van der Waals surface area contributed by atoms with E-state index in [-0.39, 0.29) is 23.9 Å². The van der Waals surface area contributed by atoms with Crippen LogP contribution in [0.4, 0.5) is 5.69 Å². The first-order valence-corrected chi connectivity index (χ1v) is 7.50. The van der Waals surface area contributed by atoms with Gasteiger partial charge in [0.25, 0.3) is 0 Å². The summed E-state index contributed by atoms with van der Waals surface area (Å²) in [5, 5.41) is 7.19. The van der Waals surface area contributed by atoms with Crippen LogP contribution in [0.15, 0.2) is 36.7 Å². The Bertz CT molecular complexity index is 692. The predicted octanol–water partition coefficient (Wildman–Crippen LogP) is 2.49. The Balaban J connectivity index is 0.00000192. The lowest BCUT2D eigenvalue weighted by atomic mass is 9.96. The summed E-state index contributed by atoms with van der Waals surface area (Å²) in [5.41, 5.74) is 8.35. The van der Waals surface area contributed by atoms with Crippen LogP contribution in [0, 0.1) is 0 Å². The second kappa shape index (κ2) is 5.98. The van der Waals surface area contributed by atoms with Crippen LogP contribution < -0.4 is 11.1 Å². The molecule has 3 rings (SSSR count). The molecule has 1 aliphatic rings. The molecular formula is C17H23ClN4O. The van der Waals surface area contributed by atoms with E-state index in [0.29, 0.717) is 18.5 Å². The standard InChI is InChI=1S/C17H22N4O.ClH/c1-16(2,3)21-11-14(10-19-21)20-15(22)17(18)8-12-6-4-5-7-13(12)9-17;/h4-7,10-11H,8-9,18H2,1-3H3,(H,20,22);1H. The van der Waals surface area contributed by atoms with Crippen molar-refractivity contribution in [1.29, 1.82) is 0 Å². The van der Waals surface area contributed by atoms with Gasteiger partial charge in [-0.3, -0.25) is 9.48 Å². The van der Waals surface area contributed by atoms with Crippen molar-refractivity contribution in [3.05, 3.63) is 47.8 Å². The molecule has 0 saturated heterocycles. The molecule has 6 heteroatoms. The number of fused-ring (bicyclic) bond motifs is 1. The quantitative estimate of drug-likeness (QED) is 0.886. The number of hydrogen-bond acceptors (Lipinski definition) is 3. The molecule has 23 heavy (non-hydrogen) atoms. The highest BCUT2D eigenvalue weighted by Crippen LogP contribution is 2.29. The molecule has 0 spiro atoms. The van der Waals surface area contributed by atoms with Gasteiger partial charge in [-0.2, -0.15) is 5.10 Å². The maximum atomic E-state index is 12.6. The molecule has 0 atom stereocenters. The highest BCUT2D eigenvalue weighted by atomic mass is 35.5. The monoisotopic (exact) mass is 334 g/mol. The Labute approximate surface area is 142 Å². The number of anilines is 1. The van der Waals surface area contributed by atoms with E-state index in [1.54, 1.807) is 6.20 Å². The fourth-order valence-electron chi connectivity index (χ4n) is 2.81. The van der Waals surface area contributed by atoms with Crippen LogP contribution in [-0.4, -0.2) is 21.2 Å². The highest BCUT2D eigenvalue weighted by Gasteiger charge is 2.40. The van der Waals surface area contributed by atoms with Gasteiger partial charge in [-0.25, -0.2) is 0 Å². The zero-order chi connectivity index (χ0) is 16.0. The summed E-state index contributed by atoms with van der Waals surface area (Å²) in [7, 11) is 0. The maximum Gasteiger partial charge on any atom is 0.245 e. The number of nitrogens with one attached hydrogen (secondary N) is 1. The third kappa shape index (κ3) is 3.41. The number of aromatic nitrogens is 2. The molecule has 1 amide bonds. The topological polar surface area (TPSA) is 72.9 Å². The molecular weight excluding hydrogens is 312 g/mol. The number of carbonyl (C=O) groups is 1. The van der Waals surface area contributed by atoms with Gasteiger partial charge in [-0.1, -0.05) is 24.3 Å². The number of carbonyl (C=O) groups excluding carboxylic acids is 1. The summed E-state index contributed by atoms with van der Waals surface area (Å²) in [4.78, 5) is 12.6. The number of hydrogen-bond donors (Lipinski definition) is 2. The fraction of sp³-hybridized carbons (Fsp3) is 0.412. The van der Waals surface area contributed by atoms with E-state index in [1.807, 2.05) is 35.1 Å². The third-order valence-corrected chi connectivity index (χ3v) is 4.11. The molecule has 124 valence electrons. The number of rotatable bonds is 2. The molecule has 1 aromatic carbocycles. The zero-order valence-corrected chi connectivity index (χ0v) is 14.5. The number of halogens is 1. The minimum Gasteiger partial charge on any atom is -0.322 e. The average molecular weight is 335 g/mol. The van der Waals surface area contributed by atoms with Gasteiger partial charge in [0, 0.05) is 6.20 Å². The molecule has 5 nitrogen and oxygen atoms in total. The van der Waals surface area contributed by atoms with Crippen LogP contribution in [0.5, 0.6) is 0 Å². The number of nitrogens with two attached hydrogens (primary N) is 1. The van der Waals surface area contributed by atoms with Gasteiger partial charge in [0.05, 0.1) is 17.4 Å². The Morgan fingerprint density at radius 1 is 1.26 bits per heavy atom. The largest absolute Gasteiger partial charge is 0.322 e. The van der Waals surface area contributed by atoms with E-state index < -0.39 is 5.54 Å². The molecule has 0 bridgehead atoms. The van der Waals surface area contributed by atoms with Crippen molar-refractivity contribution in [2.75, 3.05) is 5.32 Å². The Hall–Kier alpha value is -1.85. The van der Waals surface area contributed by atoms with Gasteiger partial charge in [-0.05, 0) is 44.7 Å². The van der Waals surface area contributed by atoms with Gasteiger partial charge in [-0.15, -0.1) is 12.4 Å². The van der Waals surface area contributed by atoms with Crippen molar-refractivity contribution in [3.63, 3.8) is 0 Å². The van der Waals surface area contributed by atoms with Gasteiger partial charge in [0.15, 0.2) is 0 Å². The third-order valence-electron chi connectivity index (χ3n) is 4.11. The van der Waals surface area contributed by atoms with Crippen molar-refractivity contribution in [1.82, 2.24) is 9.78 Å². The van der Waals surface area contributed by atoms with Crippen molar-refractivity contribution in [2.45, 2.75) is 44.7 Å². The minimum absolute atomic E-state index is 0. The first-order valence-electron chi connectivity index (χ1n) is 7.50. The molecule has 1 aliphatic carbocycles. The van der Waals surface area contributed by atoms with E-state index in [9.17, 15) is 4.79 Å². The molecule has 0 saturated carbocycles. The van der Waals surface area contributed by atoms with E-state index in [1.165, 1.54) is 0 Å². The summed E-state index contributed by atoms with van der Waals surface area (Å²) in [5.74, 6) is -0.155. The molecule has 1 aromatic heterocycles. The van der Waals surface area contributed by atoms with Gasteiger partial charge in [0.2, 0.25) is 5.91 Å². The Kier molecular flexibility index (Phi) is 4.55. The van der Waals surface area contributed by atoms with Crippen LogP contribution in [-0.2, 0) is 23.2 Å². The summed E-state index contributed by atoms with van der Waals surface area (Å²) in [6.45, 7) is 6.18. The van der Waals surface area contributed by atoms with E-state index in [2.05, 4.69) is 31.2 Å². The van der Waals surface area contributed by atoms with E-state index in [4.69, 9.17) is 5.73 Å². The first kappa shape index (κ1) is 17.5. The zero-order valence-electron chi connectivity index (χ0n) is 13.7. The fourth-order valence-corrected chi connectivity index (χ4v) is 2.81. The van der Waals surface area contributed by atoms with Crippen molar-refractivity contribution >= 4 is 24.0 Å². The van der Waals surface area contributed by atoms with E-state index >= 15 is 0 Å². The maximum absolute atomic E-state index is 12.6. The summed E-state index contributed by atoms with van der Waals surface area (Å²) in [6, 6.07) is 8.04. The van der Waals surface area contributed by atoms with Crippen LogP contribution in [0.2, 0.25) is 0 Å². The van der Waals surface area contributed by atoms with Crippen molar-refractivity contribution < 1.29 is 4.79 Å². The minimum atomic E-state index is -0.881. The molecule has 1 heterocycles. The Morgan fingerprint density at radius 2 is 1.83 bits per heavy atom. The van der Waals surface area contributed by atoms with E-state index in [0.717, 1.165) is 11.1 Å². The lowest BCUT2D eigenvalue weighted by molar-refractivity contribution is -0.120. The molecule has 0 aliphatic heterocycles. The predicted molar refractivity (Wildman–Crippen MR) is 93.9 cm³/mol. The molecule has 0 fully saturated rings. The Morgan fingerprint density at radius 3 is 2.30 bits per heavy atom. The second-order valence-corrected chi connectivity index (χ2v) is 7.08. The molecule has 2 aromatic rings. The van der Waals surface area contributed by atoms with Crippen LogP contribution in [0.25, 0.3) is 0 Å². The average Bonchev–Trinajstić information content (AvgIpc) is 3.02. The van der Waals surface area contributed by atoms with Gasteiger partial charge < -0.3 is 11.1 Å². The molecule has 3 N–H and O–H groups in total. The summed E-state index contributed by atoms with van der Waals surface area (Å²) in [6.07, 6.45) is 4.64. The lowest BCUT2D eigenvalue weighted by Crippen LogP contribution is -2.52. The van der Waals surface area contributed by atoms with Crippen LogP contribution in [0.1, 0.15) is 31.9 Å². The second-order valence-electron chi connectivity index (χ2n) is 7.08. The van der Waals surface area contributed by atoms with Crippen LogP contribution in [0.3, 0.4) is 0 Å².